The van der Waals surface area contributed by atoms with Crippen molar-refractivity contribution in [2.24, 2.45) is 5.92 Å². The van der Waals surface area contributed by atoms with E-state index in [1.807, 2.05) is 0 Å². The Morgan fingerprint density at radius 1 is 1.25 bits per heavy atom. The zero-order valence-corrected chi connectivity index (χ0v) is 14.3. The quantitative estimate of drug-likeness (QED) is 0.637. The number of hydrogen-bond donors (Lipinski definition) is 1. The molecule has 1 aliphatic rings. The average Bonchev–Trinajstić information content (AvgIpc) is 2.59. The maximum atomic E-state index is 12.6. The Bertz CT molecular complexity index is 755. The van der Waals surface area contributed by atoms with Gasteiger partial charge in [0, 0.05) is 24.6 Å². The molecule has 1 amide bonds. The molecule has 1 fully saturated rings. The first kappa shape index (κ1) is 18.2. The molecule has 1 aromatic carbocycles. The standard InChI is InChI=1S/C17H20N2O4S/c1-3-10-18-17(21)15-8-11-19(12-9-15)24(22,23)16-6-4-14(5-7-16)13(2)20/h1,4-7,15H,8-12H2,2H3,(H,18,21). The molecule has 0 bridgehead atoms. The number of nitrogens with one attached hydrogen (secondary N) is 1. The highest BCUT2D eigenvalue weighted by atomic mass is 32.2. The Balaban J connectivity index is 2.03. The molecule has 1 saturated heterocycles. The number of Topliss-reactive ketones (excluding diaryl/α,β-unsaturated/α-hetero) is 1. The molecule has 24 heavy (non-hydrogen) atoms. The summed E-state index contributed by atoms with van der Waals surface area (Å²) < 4.78 is 26.6. The van der Waals surface area contributed by atoms with E-state index < -0.39 is 10.0 Å². The molecule has 0 aromatic heterocycles. The van der Waals surface area contributed by atoms with Crippen LogP contribution in [0.5, 0.6) is 0 Å². The Morgan fingerprint density at radius 2 is 1.83 bits per heavy atom. The molecule has 128 valence electrons. The lowest BCUT2D eigenvalue weighted by Gasteiger charge is -2.30. The fourth-order valence-electron chi connectivity index (χ4n) is 2.65. The zero-order chi connectivity index (χ0) is 17.7. The van der Waals surface area contributed by atoms with Crippen molar-refractivity contribution in [1.82, 2.24) is 9.62 Å². The van der Waals surface area contributed by atoms with Gasteiger partial charge in [-0.15, -0.1) is 6.42 Å². The summed E-state index contributed by atoms with van der Waals surface area (Å²) in [5.74, 6) is 1.88. The molecule has 0 radical (unpaired) electrons. The van der Waals surface area contributed by atoms with Crippen LogP contribution >= 0.6 is 0 Å². The molecule has 2 rings (SSSR count). The van der Waals surface area contributed by atoms with Gasteiger partial charge in [-0.1, -0.05) is 18.1 Å². The lowest BCUT2D eigenvalue weighted by Crippen LogP contribution is -2.43. The lowest BCUT2D eigenvalue weighted by atomic mass is 9.97. The van der Waals surface area contributed by atoms with E-state index in [1.165, 1.54) is 35.5 Å². The zero-order valence-electron chi connectivity index (χ0n) is 13.5. The Labute approximate surface area is 142 Å². The molecule has 6 nitrogen and oxygen atoms in total. The number of terminal acetylenes is 1. The van der Waals surface area contributed by atoms with Crippen molar-refractivity contribution < 1.29 is 18.0 Å². The van der Waals surface area contributed by atoms with E-state index in [-0.39, 0.29) is 42.1 Å². The van der Waals surface area contributed by atoms with Gasteiger partial charge in [0.05, 0.1) is 11.4 Å². The number of ketones is 1. The van der Waals surface area contributed by atoms with Gasteiger partial charge in [-0.3, -0.25) is 9.59 Å². The van der Waals surface area contributed by atoms with Gasteiger partial charge in [-0.05, 0) is 31.9 Å². The second kappa shape index (κ2) is 7.60. The normalized spacial score (nSPS) is 16.3. The van der Waals surface area contributed by atoms with Crippen LogP contribution in [-0.4, -0.2) is 44.0 Å². The molecular weight excluding hydrogens is 328 g/mol. The van der Waals surface area contributed by atoms with Crippen molar-refractivity contribution in [3.63, 3.8) is 0 Å². The topological polar surface area (TPSA) is 83.6 Å². The van der Waals surface area contributed by atoms with Crippen LogP contribution < -0.4 is 5.32 Å². The van der Waals surface area contributed by atoms with Crippen LogP contribution in [-0.2, 0) is 14.8 Å². The van der Waals surface area contributed by atoms with E-state index in [0.29, 0.717) is 18.4 Å². The van der Waals surface area contributed by atoms with Crippen molar-refractivity contribution in [1.29, 1.82) is 0 Å². The van der Waals surface area contributed by atoms with Crippen molar-refractivity contribution in [2.45, 2.75) is 24.7 Å². The van der Waals surface area contributed by atoms with E-state index in [1.54, 1.807) is 0 Å². The molecule has 1 heterocycles. The van der Waals surface area contributed by atoms with Crippen LogP contribution in [0.3, 0.4) is 0 Å². The predicted octanol–water partition coefficient (Wildman–Crippen LogP) is 1.04. The molecule has 0 spiro atoms. The van der Waals surface area contributed by atoms with Crippen molar-refractivity contribution in [2.75, 3.05) is 19.6 Å². The number of rotatable bonds is 5. The number of piperidine rings is 1. The van der Waals surface area contributed by atoms with Crippen LogP contribution in [0, 0.1) is 18.3 Å². The summed E-state index contributed by atoms with van der Waals surface area (Å²) >= 11 is 0. The van der Waals surface area contributed by atoms with Gasteiger partial charge in [0.1, 0.15) is 0 Å². The van der Waals surface area contributed by atoms with Crippen LogP contribution in [0.4, 0.5) is 0 Å². The highest BCUT2D eigenvalue weighted by molar-refractivity contribution is 7.89. The fourth-order valence-corrected chi connectivity index (χ4v) is 4.12. The fraction of sp³-hybridized carbons (Fsp3) is 0.412. The summed E-state index contributed by atoms with van der Waals surface area (Å²) in [4.78, 5) is 23.3. The first-order valence-corrected chi connectivity index (χ1v) is 9.12. The summed E-state index contributed by atoms with van der Waals surface area (Å²) in [6.07, 6.45) is 6.02. The average molecular weight is 348 g/mol. The molecule has 0 unspecified atom stereocenters. The summed E-state index contributed by atoms with van der Waals surface area (Å²) in [5, 5.41) is 2.63. The van der Waals surface area contributed by atoms with Gasteiger partial charge in [-0.2, -0.15) is 4.31 Å². The predicted molar refractivity (Wildman–Crippen MR) is 89.8 cm³/mol. The van der Waals surface area contributed by atoms with E-state index in [2.05, 4.69) is 11.2 Å². The minimum absolute atomic E-state index is 0.113. The molecule has 0 aliphatic carbocycles. The summed E-state index contributed by atoms with van der Waals surface area (Å²) in [7, 11) is -3.61. The highest BCUT2D eigenvalue weighted by Crippen LogP contribution is 2.24. The molecule has 1 aromatic rings. The molecular formula is C17H20N2O4S. The van der Waals surface area contributed by atoms with E-state index in [4.69, 9.17) is 6.42 Å². The minimum atomic E-state index is -3.61. The van der Waals surface area contributed by atoms with Gasteiger partial charge in [0.15, 0.2) is 5.78 Å². The smallest absolute Gasteiger partial charge is 0.243 e. The first-order chi connectivity index (χ1) is 11.4. The summed E-state index contributed by atoms with van der Waals surface area (Å²) in [6, 6.07) is 5.90. The number of benzene rings is 1. The first-order valence-electron chi connectivity index (χ1n) is 7.68. The molecule has 0 saturated carbocycles. The largest absolute Gasteiger partial charge is 0.345 e. The highest BCUT2D eigenvalue weighted by Gasteiger charge is 2.31. The van der Waals surface area contributed by atoms with Crippen molar-refractivity contribution in [3.05, 3.63) is 29.8 Å². The van der Waals surface area contributed by atoms with E-state index in [0.717, 1.165) is 0 Å². The van der Waals surface area contributed by atoms with Crippen LogP contribution in [0.1, 0.15) is 30.1 Å². The van der Waals surface area contributed by atoms with Gasteiger partial charge in [-0.25, -0.2) is 8.42 Å². The number of nitrogens with zero attached hydrogens (tertiary/aromatic N) is 1. The number of carbonyl (C=O) groups excluding carboxylic acids is 2. The second-order valence-corrected chi connectivity index (χ2v) is 7.62. The Hall–Kier alpha value is -2.17. The summed E-state index contributed by atoms with van der Waals surface area (Å²) in [5.41, 5.74) is 0.470. The second-order valence-electron chi connectivity index (χ2n) is 5.68. The number of carbonyl (C=O) groups is 2. The minimum Gasteiger partial charge on any atom is -0.345 e. The Kier molecular flexibility index (Phi) is 5.75. The van der Waals surface area contributed by atoms with Crippen molar-refractivity contribution >= 4 is 21.7 Å². The maximum absolute atomic E-state index is 12.6. The SMILES string of the molecule is C#CCNC(=O)C1CCN(S(=O)(=O)c2ccc(C(C)=O)cc2)CC1. The van der Waals surface area contributed by atoms with E-state index >= 15 is 0 Å². The van der Waals surface area contributed by atoms with Gasteiger partial charge >= 0.3 is 0 Å². The summed E-state index contributed by atoms with van der Waals surface area (Å²) in [6.45, 7) is 2.18. The number of hydrogen-bond acceptors (Lipinski definition) is 4. The van der Waals surface area contributed by atoms with Gasteiger partial charge in [0.25, 0.3) is 0 Å². The molecule has 1 N–H and O–H groups in total. The molecule has 1 aliphatic heterocycles. The Morgan fingerprint density at radius 3 is 2.33 bits per heavy atom. The lowest BCUT2D eigenvalue weighted by molar-refractivity contribution is -0.125. The third kappa shape index (κ3) is 4.02. The van der Waals surface area contributed by atoms with Crippen LogP contribution in [0.25, 0.3) is 0 Å². The van der Waals surface area contributed by atoms with Crippen molar-refractivity contribution in [3.8, 4) is 12.3 Å². The van der Waals surface area contributed by atoms with Crippen LogP contribution in [0.15, 0.2) is 29.2 Å². The third-order valence-electron chi connectivity index (χ3n) is 4.09. The van der Waals surface area contributed by atoms with Gasteiger partial charge in [0.2, 0.25) is 15.9 Å². The van der Waals surface area contributed by atoms with E-state index in [9.17, 15) is 18.0 Å². The van der Waals surface area contributed by atoms with Crippen LogP contribution in [0.2, 0.25) is 0 Å². The third-order valence-corrected chi connectivity index (χ3v) is 6.00. The number of amides is 1. The number of sulfonamides is 1. The maximum Gasteiger partial charge on any atom is 0.243 e. The molecule has 7 heteroatoms. The van der Waals surface area contributed by atoms with Gasteiger partial charge < -0.3 is 5.32 Å². The monoisotopic (exact) mass is 348 g/mol. The molecule has 0 atom stereocenters.